The highest BCUT2D eigenvalue weighted by atomic mass is 16.5. The molecule has 5 heteroatoms. The molecule has 1 rings (SSSR count). The number of carbonyl (C=O) groups is 1. The third-order valence-electron chi connectivity index (χ3n) is 2.26. The van der Waals surface area contributed by atoms with Gasteiger partial charge in [0, 0.05) is 20.4 Å². The average molecular weight is 219 g/mol. The van der Waals surface area contributed by atoms with E-state index in [4.69, 9.17) is 10.00 Å². The molecule has 1 atom stereocenters. The van der Waals surface area contributed by atoms with Crippen molar-refractivity contribution in [1.82, 2.24) is 4.98 Å². The van der Waals surface area contributed by atoms with Crippen molar-refractivity contribution in [3.63, 3.8) is 0 Å². The van der Waals surface area contributed by atoms with Gasteiger partial charge >= 0.3 is 0 Å². The molecule has 0 N–H and O–H groups in total. The number of rotatable bonds is 3. The highest BCUT2D eigenvalue weighted by Crippen LogP contribution is 2.15. The van der Waals surface area contributed by atoms with E-state index in [1.807, 2.05) is 6.07 Å². The van der Waals surface area contributed by atoms with Crippen LogP contribution in [0.1, 0.15) is 12.5 Å². The molecular formula is C11H13N3O2. The van der Waals surface area contributed by atoms with E-state index in [0.29, 0.717) is 11.4 Å². The highest BCUT2D eigenvalue weighted by Gasteiger charge is 2.20. The van der Waals surface area contributed by atoms with Crippen LogP contribution in [0.2, 0.25) is 0 Å². The van der Waals surface area contributed by atoms with Crippen LogP contribution in [0.3, 0.4) is 0 Å². The Morgan fingerprint density at radius 1 is 1.69 bits per heavy atom. The largest absolute Gasteiger partial charge is 0.372 e. The summed E-state index contributed by atoms with van der Waals surface area (Å²) in [7, 11) is 3.03. The van der Waals surface area contributed by atoms with E-state index < -0.39 is 6.10 Å². The van der Waals surface area contributed by atoms with E-state index in [-0.39, 0.29) is 5.91 Å². The Bertz CT molecular complexity index is 425. The van der Waals surface area contributed by atoms with Crippen LogP contribution in [-0.2, 0) is 9.53 Å². The molecule has 0 aliphatic carbocycles. The van der Waals surface area contributed by atoms with E-state index in [9.17, 15) is 4.79 Å². The van der Waals surface area contributed by atoms with Crippen molar-refractivity contribution in [3.8, 4) is 6.07 Å². The summed E-state index contributed by atoms with van der Waals surface area (Å²) in [6, 6.07) is 5.26. The Kier molecular flexibility index (Phi) is 3.97. The fourth-order valence-corrected chi connectivity index (χ4v) is 1.23. The smallest absolute Gasteiger partial charge is 0.256 e. The van der Waals surface area contributed by atoms with Crippen LogP contribution in [-0.4, -0.2) is 31.2 Å². The number of aromatic nitrogens is 1. The molecule has 1 aromatic heterocycles. The maximum absolute atomic E-state index is 11.8. The molecular weight excluding hydrogens is 206 g/mol. The van der Waals surface area contributed by atoms with Crippen LogP contribution in [0.5, 0.6) is 0 Å². The molecule has 0 saturated heterocycles. The fraction of sp³-hybridized carbons (Fsp3) is 0.364. The predicted molar refractivity (Wildman–Crippen MR) is 58.8 cm³/mol. The molecule has 0 saturated carbocycles. The Labute approximate surface area is 94.3 Å². The van der Waals surface area contributed by atoms with Crippen LogP contribution in [0, 0.1) is 11.3 Å². The van der Waals surface area contributed by atoms with E-state index in [0.717, 1.165) is 0 Å². The first-order valence-corrected chi connectivity index (χ1v) is 4.77. The summed E-state index contributed by atoms with van der Waals surface area (Å²) in [5, 5.41) is 8.89. The molecule has 0 aromatic carbocycles. The van der Waals surface area contributed by atoms with Gasteiger partial charge in [-0.15, -0.1) is 0 Å². The standard InChI is InChI=1S/C11H13N3O2/c1-8(16-3)11(15)14(2)10-9(7-12)5-4-6-13-10/h4-6,8H,1-3H3. The summed E-state index contributed by atoms with van der Waals surface area (Å²) in [4.78, 5) is 17.1. The van der Waals surface area contributed by atoms with Gasteiger partial charge in [0.25, 0.3) is 5.91 Å². The van der Waals surface area contributed by atoms with Crippen LogP contribution in [0.25, 0.3) is 0 Å². The van der Waals surface area contributed by atoms with Crippen LogP contribution >= 0.6 is 0 Å². The summed E-state index contributed by atoms with van der Waals surface area (Å²) in [6.45, 7) is 1.65. The van der Waals surface area contributed by atoms with Crippen molar-refractivity contribution in [2.24, 2.45) is 0 Å². The van der Waals surface area contributed by atoms with Gasteiger partial charge in [0.15, 0.2) is 5.82 Å². The quantitative estimate of drug-likeness (QED) is 0.759. The van der Waals surface area contributed by atoms with Gasteiger partial charge in [-0.2, -0.15) is 5.26 Å². The lowest BCUT2D eigenvalue weighted by Gasteiger charge is -2.20. The molecule has 5 nitrogen and oxygen atoms in total. The summed E-state index contributed by atoms with van der Waals surface area (Å²) in [5.74, 6) is 0.108. The van der Waals surface area contributed by atoms with Gasteiger partial charge in [-0.1, -0.05) is 0 Å². The first-order valence-electron chi connectivity index (χ1n) is 4.77. The lowest BCUT2D eigenvalue weighted by molar-refractivity contribution is -0.127. The topological polar surface area (TPSA) is 66.2 Å². The molecule has 1 heterocycles. The second kappa shape index (κ2) is 5.24. The second-order valence-electron chi connectivity index (χ2n) is 3.26. The molecule has 16 heavy (non-hydrogen) atoms. The van der Waals surface area contributed by atoms with Crippen molar-refractivity contribution < 1.29 is 9.53 Å². The van der Waals surface area contributed by atoms with Crippen molar-refractivity contribution in [2.75, 3.05) is 19.1 Å². The molecule has 0 spiro atoms. The van der Waals surface area contributed by atoms with Crippen molar-refractivity contribution >= 4 is 11.7 Å². The lowest BCUT2D eigenvalue weighted by Crippen LogP contribution is -2.36. The normalized spacial score (nSPS) is 11.6. The van der Waals surface area contributed by atoms with Gasteiger partial charge in [-0.25, -0.2) is 4.98 Å². The number of likely N-dealkylation sites (N-methyl/N-ethyl adjacent to an activating group) is 1. The number of amides is 1. The Morgan fingerprint density at radius 2 is 2.38 bits per heavy atom. The minimum absolute atomic E-state index is 0.238. The molecule has 0 bridgehead atoms. The monoisotopic (exact) mass is 219 g/mol. The number of anilines is 1. The Balaban J connectivity index is 3.01. The number of pyridine rings is 1. The average Bonchev–Trinajstić information content (AvgIpc) is 2.35. The number of carbonyl (C=O) groups excluding carboxylic acids is 1. The van der Waals surface area contributed by atoms with Gasteiger partial charge in [-0.3, -0.25) is 9.69 Å². The van der Waals surface area contributed by atoms with Gasteiger partial charge in [0.1, 0.15) is 12.2 Å². The number of nitriles is 1. The van der Waals surface area contributed by atoms with Gasteiger partial charge in [-0.05, 0) is 19.1 Å². The zero-order valence-corrected chi connectivity index (χ0v) is 9.47. The summed E-state index contributed by atoms with van der Waals surface area (Å²) >= 11 is 0. The zero-order valence-electron chi connectivity index (χ0n) is 9.47. The van der Waals surface area contributed by atoms with E-state index in [1.165, 1.54) is 18.2 Å². The maximum atomic E-state index is 11.8. The van der Waals surface area contributed by atoms with Crippen molar-refractivity contribution in [3.05, 3.63) is 23.9 Å². The molecule has 0 radical (unpaired) electrons. The molecule has 0 aliphatic rings. The molecule has 1 unspecified atom stereocenters. The minimum Gasteiger partial charge on any atom is -0.372 e. The molecule has 1 amide bonds. The molecule has 1 aromatic rings. The first kappa shape index (κ1) is 12.1. The SMILES string of the molecule is COC(C)C(=O)N(C)c1ncccc1C#N. The minimum atomic E-state index is -0.557. The third-order valence-corrected chi connectivity index (χ3v) is 2.26. The second-order valence-corrected chi connectivity index (χ2v) is 3.26. The molecule has 0 aliphatic heterocycles. The van der Waals surface area contributed by atoms with Gasteiger partial charge in [0.2, 0.25) is 0 Å². The van der Waals surface area contributed by atoms with Crippen LogP contribution in [0.15, 0.2) is 18.3 Å². The molecule has 0 fully saturated rings. The summed E-state index contributed by atoms with van der Waals surface area (Å²) in [5.41, 5.74) is 0.363. The van der Waals surface area contributed by atoms with Crippen molar-refractivity contribution in [2.45, 2.75) is 13.0 Å². The van der Waals surface area contributed by atoms with Crippen LogP contribution in [0.4, 0.5) is 5.82 Å². The van der Waals surface area contributed by atoms with Gasteiger partial charge < -0.3 is 4.74 Å². The maximum Gasteiger partial charge on any atom is 0.256 e. The van der Waals surface area contributed by atoms with E-state index in [2.05, 4.69) is 4.98 Å². The number of hydrogen-bond acceptors (Lipinski definition) is 4. The summed E-state index contributed by atoms with van der Waals surface area (Å²) < 4.78 is 4.93. The van der Waals surface area contributed by atoms with E-state index in [1.54, 1.807) is 26.1 Å². The third kappa shape index (κ3) is 2.35. The highest BCUT2D eigenvalue weighted by molar-refractivity contribution is 5.95. The first-order chi connectivity index (χ1) is 7.61. The Morgan fingerprint density at radius 3 is 2.94 bits per heavy atom. The summed E-state index contributed by atoms with van der Waals surface area (Å²) in [6.07, 6.45) is 0.982. The van der Waals surface area contributed by atoms with Crippen LogP contribution < -0.4 is 4.90 Å². The van der Waals surface area contributed by atoms with Gasteiger partial charge in [0.05, 0.1) is 5.56 Å². The predicted octanol–water partition coefficient (Wildman–Crippen LogP) is 0.951. The number of ether oxygens (including phenoxy) is 1. The lowest BCUT2D eigenvalue weighted by atomic mass is 10.2. The Hall–Kier alpha value is -1.93. The fourth-order valence-electron chi connectivity index (χ4n) is 1.23. The molecule has 84 valence electrons. The number of methoxy groups -OCH3 is 1. The zero-order chi connectivity index (χ0) is 12.1. The number of hydrogen-bond donors (Lipinski definition) is 0. The number of nitrogens with zero attached hydrogens (tertiary/aromatic N) is 3. The van der Waals surface area contributed by atoms with E-state index >= 15 is 0 Å². The van der Waals surface area contributed by atoms with Crippen molar-refractivity contribution in [1.29, 1.82) is 5.26 Å².